The molecule has 4 nitrogen and oxygen atoms in total. The number of rotatable bonds is 2. The fourth-order valence-corrected chi connectivity index (χ4v) is 1.77. The zero-order valence-electron chi connectivity index (χ0n) is 9.37. The van der Waals surface area contributed by atoms with E-state index in [0.29, 0.717) is 0 Å². The molecule has 0 radical (unpaired) electrons. The van der Waals surface area contributed by atoms with Crippen molar-refractivity contribution in [3.8, 4) is 22.7 Å². The van der Waals surface area contributed by atoms with Crippen LogP contribution in [0.4, 0.5) is 0 Å². The zero-order valence-corrected chi connectivity index (χ0v) is 9.37. The second-order valence-electron chi connectivity index (χ2n) is 3.82. The predicted molar refractivity (Wildman–Crippen MR) is 64.1 cm³/mol. The van der Waals surface area contributed by atoms with Gasteiger partial charge in [0.05, 0.1) is 6.26 Å². The highest BCUT2D eigenvalue weighted by Gasteiger charge is 2.05. The lowest BCUT2D eigenvalue weighted by molar-refractivity contribution is 0.582. The number of nitrogens with zero attached hydrogens (tertiary/aromatic N) is 3. The highest BCUT2D eigenvalue weighted by Crippen LogP contribution is 2.23. The Morgan fingerprint density at radius 1 is 1.06 bits per heavy atom. The fraction of sp³-hybridized carbons (Fsp3) is 0.0769. The van der Waals surface area contributed by atoms with E-state index >= 15 is 0 Å². The summed E-state index contributed by atoms with van der Waals surface area (Å²) in [5, 5.41) is 7.93. The molecule has 3 rings (SSSR count). The summed E-state index contributed by atoms with van der Waals surface area (Å²) in [5.74, 6) is 1.73. The first-order valence-electron chi connectivity index (χ1n) is 5.33. The molecular formula is C13H11N3O. The van der Waals surface area contributed by atoms with E-state index in [4.69, 9.17) is 4.42 Å². The van der Waals surface area contributed by atoms with Crippen molar-refractivity contribution in [3.63, 3.8) is 0 Å². The van der Waals surface area contributed by atoms with Crippen molar-refractivity contribution in [2.24, 2.45) is 7.05 Å². The molecule has 0 amide bonds. The van der Waals surface area contributed by atoms with Gasteiger partial charge in [0.2, 0.25) is 0 Å². The third-order valence-corrected chi connectivity index (χ3v) is 2.66. The minimum absolute atomic E-state index is 0.857. The first kappa shape index (κ1) is 9.84. The molecule has 0 unspecified atom stereocenters. The molecule has 17 heavy (non-hydrogen) atoms. The van der Waals surface area contributed by atoms with Crippen LogP contribution in [0.1, 0.15) is 0 Å². The van der Waals surface area contributed by atoms with Crippen molar-refractivity contribution in [2.45, 2.75) is 0 Å². The molecule has 0 saturated carbocycles. The van der Waals surface area contributed by atoms with Gasteiger partial charge in [0.15, 0.2) is 5.82 Å². The lowest BCUT2D eigenvalue weighted by Crippen LogP contribution is -1.90. The number of aryl methyl sites for hydroxylation is 1. The fourth-order valence-electron chi connectivity index (χ4n) is 1.77. The summed E-state index contributed by atoms with van der Waals surface area (Å²) >= 11 is 0. The van der Waals surface area contributed by atoms with Gasteiger partial charge in [0.1, 0.15) is 12.1 Å². The molecule has 2 heterocycles. The quantitative estimate of drug-likeness (QED) is 0.673. The molecule has 0 aliphatic heterocycles. The molecule has 0 N–H and O–H groups in total. The highest BCUT2D eigenvalue weighted by molar-refractivity contribution is 5.64. The SMILES string of the molecule is Cn1cnnc1-c1ccc(-c2ccco2)cc1. The number of furan rings is 1. The molecule has 0 fully saturated rings. The highest BCUT2D eigenvalue weighted by atomic mass is 16.3. The van der Waals surface area contributed by atoms with Gasteiger partial charge in [-0.25, -0.2) is 0 Å². The Hall–Kier alpha value is -2.36. The molecule has 4 heteroatoms. The topological polar surface area (TPSA) is 43.9 Å². The van der Waals surface area contributed by atoms with Crippen LogP contribution in [0.3, 0.4) is 0 Å². The summed E-state index contributed by atoms with van der Waals surface area (Å²) in [5.41, 5.74) is 2.10. The van der Waals surface area contributed by atoms with Crippen molar-refractivity contribution in [1.82, 2.24) is 14.8 Å². The van der Waals surface area contributed by atoms with Gasteiger partial charge in [0.25, 0.3) is 0 Å². The van der Waals surface area contributed by atoms with Crippen LogP contribution in [0, 0.1) is 0 Å². The molecule has 3 aromatic rings. The van der Waals surface area contributed by atoms with Crippen molar-refractivity contribution in [3.05, 3.63) is 49.0 Å². The molecule has 0 saturated heterocycles. The summed E-state index contributed by atoms with van der Waals surface area (Å²) in [7, 11) is 1.93. The van der Waals surface area contributed by atoms with Gasteiger partial charge in [-0.1, -0.05) is 24.3 Å². The lowest BCUT2D eigenvalue weighted by Gasteiger charge is -2.01. The van der Waals surface area contributed by atoms with Gasteiger partial charge < -0.3 is 8.98 Å². The molecule has 84 valence electrons. The summed E-state index contributed by atoms with van der Waals surface area (Å²) in [6.07, 6.45) is 3.36. The molecule has 1 aromatic carbocycles. The van der Waals surface area contributed by atoms with E-state index in [1.54, 1.807) is 12.6 Å². The molecule has 0 aliphatic carbocycles. The van der Waals surface area contributed by atoms with Crippen LogP contribution in [0.15, 0.2) is 53.4 Å². The van der Waals surface area contributed by atoms with Gasteiger partial charge in [-0.05, 0) is 12.1 Å². The first-order valence-corrected chi connectivity index (χ1v) is 5.33. The molecule has 0 spiro atoms. The first-order chi connectivity index (χ1) is 8.34. The van der Waals surface area contributed by atoms with Crippen molar-refractivity contribution in [1.29, 1.82) is 0 Å². The zero-order chi connectivity index (χ0) is 11.7. The Labute approximate surface area is 98.5 Å². The van der Waals surface area contributed by atoms with Crippen LogP contribution in [0.2, 0.25) is 0 Å². The van der Waals surface area contributed by atoms with Crippen LogP contribution in [0.25, 0.3) is 22.7 Å². The lowest BCUT2D eigenvalue weighted by atomic mass is 10.1. The Morgan fingerprint density at radius 2 is 1.82 bits per heavy atom. The Kier molecular flexibility index (Phi) is 2.26. The second kappa shape index (κ2) is 3.90. The number of hydrogen-bond donors (Lipinski definition) is 0. The predicted octanol–water partition coefficient (Wildman–Crippen LogP) is 2.74. The summed E-state index contributed by atoms with van der Waals surface area (Å²) in [6, 6.07) is 11.9. The van der Waals surface area contributed by atoms with Gasteiger partial charge >= 0.3 is 0 Å². The monoisotopic (exact) mass is 225 g/mol. The second-order valence-corrected chi connectivity index (χ2v) is 3.82. The minimum atomic E-state index is 0.857. The molecule has 0 bridgehead atoms. The van der Waals surface area contributed by atoms with Gasteiger partial charge in [-0.3, -0.25) is 0 Å². The standard InChI is InChI=1S/C13H11N3O/c1-16-9-14-15-13(16)11-6-4-10(5-7-11)12-3-2-8-17-12/h2-9H,1H3. The molecular weight excluding hydrogens is 214 g/mol. The average molecular weight is 225 g/mol. The Morgan fingerprint density at radius 3 is 2.41 bits per heavy atom. The van der Waals surface area contributed by atoms with E-state index in [9.17, 15) is 0 Å². The van der Waals surface area contributed by atoms with Crippen LogP contribution in [-0.2, 0) is 7.05 Å². The van der Waals surface area contributed by atoms with Crippen molar-refractivity contribution < 1.29 is 4.42 Å². The smallest absolute Gasteiger partial charge is 0.163 e. The van der Waals surface area contributed by atoms with E-state index in [1.165, 1.54) is 0 Å². The summed E-state index contributed by atoms with van der Waals surface area (Å²) < 4.78 is 7.23. The largest absolute Gasteiger partial charge is 0.464 e. The van der Waals surface area contributed by atoms with Crippen molar-refractivity contribution in [2.75, 3.05) is 0 Å². The van der Waals surface area contributed by atoms with E-state index < -0.39 is 0 Å². The van der Waals surface area contributed by atoms with E-state index in [0.717, 1.165) is 22.7 Å². The third-order valence-electron chi connectivity index (χ3n) is 2.66. The van der Waals surface area contributed by atoms with Crippen LogP contribution in [0.5, 0.6) is 0 Å². The summed E-state index contributed by atoms with van der Waals surface area (Å²) in [6.45, 7) is 0. The molecule has 0 atom stereocenters. The van der Waals surface area contributed by atoms with E-state index in [-0.39, 0.29) is 0 Å². The number of hydrogen-bond acceptors (Lipinski definition) is 3. The van der Waals surface area contributed by atoms with Gasteiger partial charge in [0, 0.05) is 18.2 Å². The van der Waals surface area contributed by atoms with E-state index in [1.807, 2.05) is 48.0 Å². The Balaban J connectivity index is 1.99. The molecule has 2 aromatic heterocycles. The van der Waals surface area contributed by atoms with Crippen LogP contribution in [-0.4, -0.2) is 14.8 Å². The minimum Gasteiger partial charge on any atom is -0.464 e. The Bertz CT molecular complexity index is 608. The molecule has 0 aliphatic rings. The maximum Gasteiger partial charge on any atom is 0.163 e. The normalized spacial score (nSPS) is 10.6. The number of aromatic nitrogens is 3. The van der Waals surface area contributed by atoms with Crippen molar-refractivity contribution >= 4 is 0 Å². The summed E-state index contributed by atoms with van der Waals surface area (Å²) in [4.78, 5) is 0. The maximum absolute atomic E-state index is 5.34. The third kappa shape index (κ3) is 1.73. The maximum atomic E-state index is 5.34. The van der Waals surface area contributed by atoms with Gasteiger partial charge in [-0.2, -0.15) is 0 Å². The average Bonchev–Trinajstić information content (AvgIpc) is 3.00. The van der Waals surface area contributed by atoms with Crippen LogP contribution < -0.4 is 0 Å². The van der Waals surface area contributed by atoms with Gasteiger partial charge in [-0.15, -0.1) is 10.2 Å². The van der Waals surface area contributed by atoms with E-state index in [2.05, 4.69) is 10.2 Å². The number of benzene rings is 1. The van der Waals surface area contributed by atoms with Crippen LogP contribution >= 0.6 is 0 Å².